The van der Waals surface area contributed by atoms with Crippen LogP contribution in [0.15, 0.2) is 11.1 Å². The monoisotopic (exact) mass is 287 g/mol. The van der Waals surface area contributed by atoms with Crippen LogP contribution in [0, 0.1) is 6.92 Å². The number of nitrogens with two attached hydrogens (primary N) is 1. The third-order valence-electron chi connectivity index (χ3n) is 3.41. The van der Waals surface area contributed by atoms with Gasteiger partial charge in [0.2, 0.25) is 10.0 Å². The van der Waals surface area contributed by atoms with Crippen LogP contribution in [0.2, 0.25) is 0 Å². The average molecular weight is 287 g/mol. The Labute approximate surface area is 113 Å². The largest absolute Gasteiger partial charge is 0.330 e. The molecule has 0 aromatic carbocycles. The Kier molecular flexibility index (Phi) is 4.56. The minimum absolute atomic E-state index is 0.280. The third kappa shape index (κ3) is 3.14. The minimum Gasteiger partial charge on any atom is -0.330 e. The van der Waals surface area contributed by atoms with E-state index in [9.17, 15) is 8.42 Å². The van der Waals surface area contributed by atoms with E-state index in [1.165, 1.54) is 10.5 Å². The number of nitrogens with one attached hydrogen (secondary N) is 1. The average Bonchev–Trinajstić information content (AvgIpc) is 2.84. The maximum atomic E-state index is 12.4. The second kappa shape index (κ2) is 6.00. The predicted octanol–water partition coefficient (Wildman–Crippen LogP) is -0.627. The highest BCUT2D eigenvalue weighted by molar-refractivity contribution is 7.89. The third-order valence-corrected chi connectivity index (χ3v) is 5.42. The summed E-state index contributed by atoms with van der Waals surface area (Å²) in [6.07, 6.45) is 2.33. The highest BCUT2D eigenvalue weighted by atomic mass is 32.2. The number of sulfonamides is 1. The van der Waals surface area contributed by atoms with Gasteiger partial charge in [-0.3, -0.25) is 5.10 Å². The van der Waals surface area contributed by atoms with Gasteiger partial charge in [-0.25, -0.2) is 8.42 Å². The van der Waals surface area contributed by atoms with Gasteiger partial charge < -0.3 is 10.6 Å². The Morgan fingerprint density at radius 1 is 1.37 bits per heavy atom. The molecule has 8 heteroatoms. The molecule has 2 rings (SSSR count). The molecule has 1 fully saturated rings. The Morgan fingerprint density at radius 3 is 2.58 bits per heavy atom. The number of hydrogen-bond acceptors (Lipinski definition) is 5. The van der Waals surface area contributed by atoms with E-state index in [0.29, 0.717) is 25.3 Å². The van der Waals surface area contributed by atoms with Gasteiger partial charge in [0, 0.05) is 26.2 Å². The lowest BCUT2D eigenvalue weighted by Gasteiger charge is -2.33. The Bertz CT molecular complexity index is 505. The van der Waals surface area contributed by atoms with E-state index >= 15 is 0 Å². The van der Waals surface area contributed by atoms with Crippen LogP contribution >= 0.6 is 0 Å². The van der Waals surface area contributed by atoms with Gasteiger partial charge in [0.1, 0.15) is 4.90 Å². The number of nitrogens with zero attached hydrogens (tertiary/aromatic N) is 3. The van der Waals surface area contributed by atoms with E-state index in [4.69, 9.17) is 5.73 Å². The molecule has 0 atom stereocenters. The Balaban J connectivity index is 2.00. The molecule has 2 heterocycles. The molecule has 0 radical (unpaired) electrons. The number of rotatable bonds is 5. The van der Waals surface area contributed by atoms with Crippen molar-refractivity contribution in [2.75, 3.05) is 39.3 Å². The Hall–Kier alpha value is -0.960. The van der Waals surface area contributed by atoms with Gasteiger partial charge in [-0.05, 0) is 26.4 Å². The van der Waals surface area contributed by atoms with Crippen molar-refractivity contribution in [3.63, 3.8) is 0 Å². The minimum atomic E-state index is -3.41. The molecule has 108 valence electrons. The van der Waals surface area contributed by atoms with E-state index in [1.807, 2.05) is 0 Å². The molecule has 19 heavy (non-hydrogen) atoms. The molecule has 1 aromatic heterocycles. The molecular formula is C11H21N5O2S. The summed E-state index contributed by atoms with van der Waals surface area (Å²) in [4.78, 5) is 2.53. The van der Waals surface area contributed by atoms with Crippen molar-refractivity contribution >= 4 is 10.0 Å². The fourth-order valence-corrected chi connectivity index (χ4v) is 3.79. The fraction of sp³-hybridized carbons (Fsp3) is 0.727. The van der Waals surface area contributed by atoms with Crippen LogP contribution in [0.1, 0.15) is 12.1 Å². The van der Waals surface area contributed by atoms with Crippen LogP contribution in [0.25, 0.3) is 0 Å². The first kappa shape index (κ1) is 14.4. The van der Waals surface area contributed by atoms with Crippen molar-refractivity contribution in [3.8, 4) is 0 Å². The lowest BCUT2D eigenvalue weighted by Crippen LogP contribution is -2.48. The molecule has 0 spiro atoms. The number of aryl methyl sites for hydroxylation is 1. The zero-order valence-corrected chi connectivity index (χ0v) is 12.0. The van der Waals surface area contributed by atoms with Crippen molar-refractivity contribution in [2.45, 2.75) is 18.2 Å². The molecule has 0 aliphatic carbocycles. The highest BCUT2D eigenvalue weighted by Gasteiger charge is 2.30. The molecule has 0 bridgehead atoms. The summed E-state index contributed by atoms with van der Waals surface area (Å²) < 4.78 is 26.4. The van der Waals surface area contributed by atoms with Crippen molar-refractivity contribution in [3.05, 3.63) is 11.9 Å². The van der Waals surface area contributed by atoms with Crippen LogP contribution in [0.3, 0.4) is 0 Å². The van der Waals surface area contributed by atoms with E-state index in [2.05, 4.69) is 15.1 Å². The number of hydrogen-bond donors (Lipinski definition) is 2. The summed E-state index contributed by atoms with van der Waals surface area (Å²) in [5.74, 6) is 0. The van der Waals surface area contributed by atoms with Crippen molar-refractivity contribution in [1.29, 1.82) is 0 Å². The number of piperazine rings is 1. The lowest BCUT2D eigenvalue weighted by atomic mass is 10.3. The normalized spacial score (nSPS) is 18.8. The van der Waals surface area contributed by atoms with Crippen molar-refractivity contribution in [1.82, 2.24) is 19.4 Å². The molecule has 0 saturated carbocycles. The van der Waals surface area contributed by atoms with E-state index in [1.54, 1.807) is 6.92 Å². The van der Waals surface area contributed by atoms with Crippen LogP contribution in [-0.2, 0) is 10.0 Å². The van der Waals surface area contributed by atoms with Crippen LogP contribution < -0.4 is 5.73 Å². The quantitative estimate of drug-likeness (QED) is 0.752. The molecule has 0 amide bonds. The maximum Gasteiger partial charge on any atom is 0.246 e. The second-order valence-corrected chi connectivity index (χ2v) is 6.65. The maximum absolute atomic E-state index is 12.4. The van der Waals surface area contributed by atoms with Gasteiger partial charge in [-0.1, -0.05) is 0 Å². The second-order valence-electron chi connectivity index (χ2n) is 4.75. The summed E-state index contributed by atoms with van der Waals surface area (Å²) >= 11 is 0. The van der Waals surface area contributed by atoms with E-state index < -0.39 is 10.0 Å². The van der Waals surface area contributed by atoms with Crippen LogP contribution in [0.5, 0.6) is 0 Å². The molecule has 3 N–H and O–H groups in total. The van der Waals surface area contributed by atoms with Gasteiger partial charge in [0.05, 0.1) is 11.9 Å². The van der Waals surface area contributed by atoms with Crippen molar-refractivity contribution < 1.29 is 8.42 Å². The molecule has 7 nitrogen and oxygen atoms in total. The number of aromatic amines is 1. The van der Waals surface area contributed by atoms with Crippen LogP contribution in [-0.4, -0.2) is 67.1 Å². The Morgan fingerprint density at radius 2 is 2.05 bits per heavy atom. The summed E-state index contributed by atoms with van der Waals surface area (Å²) in [5.41, 5.74) is 6.07. The zero-order valence-electron chi connectivity index (χ0n) is 11.2. The van der Waals surface area contributed by atoms with Crippen molar-refractivity contribution in [2.24, 2.45) is 5.73 Å². The summed E-state index contributed by atoms with van der Waals surface area (Å²) in [7, 11) is -3.41. The SMILES string of the molecule is Cc1[nH]ncc1S(=O)(=O)N1CCN(CCCN)CC1. The summed E-state index contributed by atoms with van der Waals surface area (Å²) in [5, 5.41) is 6.45. The molecule has 0 unspecified atom stereocenters. The molecule has 1 aliphatic rings. The van der Waals surface area contributed by atoms with Gasteiger partial charge >= 0.3 is 0 Å². The number of aromatic nitrogens is 2. The van der Waals surface area contributed by atoms with Gasteiger partial charge in [-0.15, -0.1) is 0 Å². The topological polar surface area (TPSA) is 95.3 Å². The van der Waals surface area contributed by atoms with E-state index in [0.717, 1.165) is 26.1 Å². The fourth-order valence-electron chi connectivity index (χ4n) is 2.25. The van der Waals surface area contributed by atoms with Gasteiger partial charge in [-0.2, -0.15) is 9.40 Å². The first-order valence-electron chi connectivity index (χ1n) is 6.48. The zero-order chi connectivity index (χ0) is 13.9. The first-order chi connectivity index (χ1) is 9.05. The molecule has 1 aromatic rings. The molecular weight excluding hydrogens is 266 g/mol. The predicted molar refractivity (Wildman–Crippen MR) is 72.2 cm³/mol. The summed E-state index contributed by atoms with van der Waals surface area (Å²) in [6.45, 7) is 5.90. The summed E-state index contributed by atoms with van der Waals surface area (Å²) in [6, 6.07) is 0. The standard InChI is InChI=1S/C11H21N5O2S/c1-10-11(9-13-14-10)19(17,18)16-7-5-15(6-8-16)4-2-3-12/h9H,2-8,12H2,1H3,(H,13,14). The first-order valence-corrected chi connectivity index (χ1v) is 7.92. The van der Waals surface area contributed by atoms with Gasteiger partial charge in [0.15, 0.2) is 0 Å². The molecule has 1 saturated heterocycles. The smallest absolute Gasteiger partial charge is 0.246 e. The van der Waals surface area contributed by atoms with E-state index in [-0.39, 0.29) is 4.90 Å². The lowest BCUT2D eigenvalue weighted by molar-refractivity contribution is 0.187. The highest BCUT2D eigenvalue weighted by Crippen LogP contribution is 2.19. The molecule has 1 aliphatic heterocycles. The van der Waals surface area contributed by atoms with Gasteiger partial charge in [0.25, 0.3) is 0 Å². The number of H-pyrrole nitrogens is 1. The van der Waals surface area contributed by atoms with Crippen LogP contribution in [0.4, 0.5) is 0 Å².